The van der Waals surface area contributed by atoms with E-state index in [2.05, 4.69) is 10.3 Å². The number of nitrogens with zero attached hydrogens (tertiary/aromatic N) is 2. The lowest BCUT2D eigenvalue weighted by Crippen LogP contribution is -2.37. The minimum atomic E-state index is -0.239. The fourth-order valence-corrected chi connectivity index (χ4v) is 3.52. The molecule has 1 aliphatic rings. The maximum atomic E-state index is 13.0. The van der Waals surface area contributed by atoms with Crippen LogP contribution < -0.4 is 10.1 Å². The Morgan fingerprint density at radius 1 is 1.13 bits per heavy atom. The molecule has 3 aromatic rings. The van der Waals surface area contributed by atoms with Crippen molar-refractivity contribution in [3.63, 3.8) is 0 Å². The first kappa shape index (κ1) is 19.6. The Bertz CT molecular complexity index is 1050. The summed E-state index contributed by atoms with van der Waals surface area (Å²) in [4.78, 5) is 31.1. The molecular formula is C24H23N3O3. The van der Waals surface area contributed by atoms with Gasteiger partial charge in [0.2, 0.25) is 0 Å². The highest BCUT2D eigenvalue weighted by Gasteiger charge is 2.26. The highest BCUT2D eigenvalue weighted by atomic mass is 16.5. The first-order valence-corrected chi connectivity index (χ1v) is 9.89. The van der Waals surface area contributed by atoms with Crippen LogP contribution in [0.1, 0.15) is 27.0 Å². The van der Waals surface area contributed by atoms with Crippen LogP contribution in [0, 0.1) is 6.92 Å². The second-order valence-corrected chi connectivity index (χ2v) is 7.32. The van der Waals surface area contributed by atoms with Gasteiger partial charge in [0.25, 0.3) is 11.8 Å². The predicted molar refractivity (Wildman–Crippen MR) is 114 cm³/mol. The molecule has 1 aromatic heterocycles. The molecule has 4 rings (SSSR count). The second-order valence-electron chi connectivity index (χ2n) is 7.32. The Kier molecular flexibility index (Phi) is 5.75. The molecule has 1 aliphatic heterocycles. The standard InChI is InChI=1S/C24H23N3O3/c1-17-7-9-19(10-8-17)26-23(28)16-30-22-6-2-5-21-20(22)11-13-27(24(21)29)15-18-4-3-12-25-14-18/h2-10,12,14H,11,13,15-16H2,1H3,(H,26,28). The molecular weight excluding hydrogens is 378 g/mol. The van der Waals surface area contributed by atoms with E-state index in [1.807, 2.05) is 60.4 Å². The molecule has 2 amide bonds. The Morgan fingerprint density at radius 2 is 1.97 bits per heavy atom. The van der Waals surface area contributed by atoms with Crippen molar-refractivity contribution in [1.82, 2.24) is 9.88 Å². The Hall–Kier alpha value is -3.67. The lowest BCUT2D eigenvalue weighted by atomic mass is 9.97. The van der Waals surface area contributed by atoms with Crippen molar-refractivity contribution in [3.8, 4) is 5.75 Å². The first-order chi connectivity index (χ1) is 14.6. The van der Waals surface area contributed by atoms with Crippen LogP contribution in [0.2, 0.25) is 0 Å². The summed E-state index contributed by atoms with van der Waals surface area (Å²) in [6.45, 7) is 3.00. The molecule has 30 heavy (non-hydrogen) atoms. The maximum absolute atomic E-state index is 13.0. The van der Waals surface area contributed by atoms with Crippen LogP contribution in [0.4, 0.5) is 5.69 Å². The van der Waals surface area contributed by atoms with E-state index in [-0.39, 0.29) is 18.4 Å². The third-order valence-corrected chi connectivity index (χ3v) is 5.07. The number of anilines is 1. The lowest BCUT2D eigenvalue weighted by Gasteiger charge is -2.29. The zero-order chi connectivity index (χ0) is 20.9. The molecule has 0 fully saturated rings. The highest BCUT2D eigenvalue weighted by Crippen LogP contribution is 2.28. The van der Waals surface area contributed by atoms with Gasteiger partial charge < -0.3 is 15.0 Å². The molecule has 0 unspecified atom stereocenters. The maximum Gasteiger partial charge on any atom is 0.262 e. The predicted octanol–water partition coefficient (Wildman–Crippen LogP) is 3.61. The summed E-state index contributed by atoms with van der Waals surface area (Å²) in [5, 5.41) is 2.82. The number of fused-ring (bicyclic) bond motifs is 1. The van der Waals surface area contributed by atoms with Gasteiger partial charge in [0.15, 0.2) is 6.61 Å². The number of aromatic nitrogens is 1. The van der Waals surface area contributed by atoms with E-state index in [9.17, 15) is 9.59 Å². The van der Waals surface area contributed by atoms with Crippen molar-refractivity contribution in [1.29, 1.82) is 0 Å². The second kappa shape index (κ2) is 8.78. The van der Waals surface area contributed by atoms with Crippen LogP contribution in [0.15, 0.2) is 67.0 Å². The average molecular weight is 401 g/mol. The van der Waals surface area contributed by atoms with Gasteiger partial charge in [-0.3, -0.25) is 14.6 Å². The topological polar surface area (TPSA) is 71.5 Å². The van der Waals surface area contributed by atoms with E-state index in [0.29, 0.717) is 30.8 Å². The fraction of sp³-hybridized carbons (Fsp3) is 0.208. The monoisotopic (exact) mass is 401 g/mol. The molecule has 0 atom stereocenters. The minimum absolute atomic E-state index is 0.0327. The number of carbonyl (C=O) groups excluding carboxylic acids is 2. The van der Waals surface area contributed by atoms with E-state index >= 15 is 0 Å². The van der Waals surface area contributed by atoms with E-state index in [1.54, 1.807) is 18.5 Å². The van der Waals surface area contributed by atoms with Crippen LogP contribution in [0.25, 0.3) is 0 Å². The van der Waals surface area contributed by atoms with Gasteiger partial charge in [-0.05, 0) is 49.2 Å². The third kappa shape index (κ3) is 4.49. The number of hydrogen-bond donors (Lipinski definition) is 1. The molecule has 0 saturated heterocycles. The molecule has 0 aliphatic carbocycles. The summed E-state index contributed by atoms with van der Waals surface area (Å²) >= 11 is 0. The average Bonchev–Trinajstić information content (AvgIpc) is 2.77. The normalized spacial score (nSPS) is 13.0. The van der Waals surface area contributed by atoms with Gasteiger partial charge in [0.1, 0.15) is 5.75 Å². The lowest BCUT2D eigenvalue weighted by molar-refractivity contribution is -0.118. The van der Waals surface area contributed by atoms with Crippen molar-refractivity contribution >= 4 is 17.5 Å². The molecule has 1 N–H and O–H groups in total. The van der Waals surface area contributed by atoms with Crippen LogP contribution >= 0.6 is 0 Å². The van der Waals surface area contributed by atoms with Crippen LogP contribution in [-0.2, 0) is 17.8 Å². The molecule has 2 heterocycles. The van der Waals surface area contributed by atoms with Gasteiger partial charge in [0, 0.05) is 42.3 Å². The van der Waals surface area contributed by atoms with Gasteiger partial charge >= 0.3 is 0 Å². The number of nitrogens with one attached hydrogen (secondary N) is 1. The van der Waals surface area contributed by atoms with Crippen molar-refractivity contribution < 1.29 is 14.3 Å². The van der Waals surface area contributed by atoms with E-state index in [4.69, 9.17) is 4.74 Å². The summed E-state index contributed by atoms with van der Waals surface area (Å²) in [6.07, 6.45) is 4.17. The molecule has 0 spiro atoms. The van der Waals surface area contributed by atoms with E-state index in [0.717, 1.165) is 22.4 Å². The van der Waals surface area contributed by atoms with Gasteiger partial charge in [-0.1, -0.05) is 29.8 Å². The SMILES string of the molecule is Cc1ccc(NC(=O)COc2cccc3c2CCN(Cc2cccnc2)C3=O)cc1. The van der Waals surface area contributed by atoms with E-state index < -0.39 is 0 Å². The zero-order valence-corrected chi connectivity index (χ0v) is 16.8. The molecule has 152 valence electrons. The largest absolute Gasteiger partial charge is 0.483 e. The number of rotatable bonds is 6. The Balaban J connectivity index is 1.41. The van der Waals surface area contributed by atoms with Crippen molar-refractivity contribution in [3.05, 3.63) is 89.2 Å². The van der Waals surface area contributed by atoms with Crippen LogP contribution in [0.5, 0.6) is 5.75 Å². The summed E-state index contributed by atoms with van der Waals surface area (Å²) in [7, 11) is 0. The van der Waals surface area contributed by atoms with Gasteiger partial charge in [-0.2, -0.15) is 0 Å². The number of hydrogen-bond acceptors (Lipinski definition) is 4. The Morgan fingerprint density at radius 3 is 2.73 bits per heavy atom. The summed E-state index contributed by atoms with van der Waals surface area (Å²) in [5.41, 5.74) is 4.33. The van der Waals surface area contributed by atoms with Crippen LogP contribution in [0.3, 0.4) is 0 Å². The van der Waals surface area contributed by atoms with Gasteiger partial charge in [-0.15, -0.1) is 0 Å². The third-order valence-electron chi connectivity index (χ3n) is 5.07. The van der Waals surface area contributed by atoms with Crippen molar-refractivity contribution in [2.45, 2.75) is 19.9 Å². The molecule has 0 saturated carbocycles. The number of carbonyl (C=O) groups is 2. The number of amides is 2. The van der Waals surface area contributed by atoms with Gasteiger partial charge in [0.05, 0.1) is 0 Å². The summed E-state index contributed by atoms with van der Waals surface area (Å²) in [5.74, 6) is 0.312. The number of pyridine rings is 1. The molecule has 6 heteroatoms. The fourth-order valence-electron chi connectivity index (χ4n) is 3.52. The van der Waals surface area contributed by atoms with Crippen LogP contribution in [-0.4, -0.2) is 34.8 Å². The smallest absolute Gasteiger partial charge is 0.262 e. The van der Waals surface area contributed by atoms with E-state index in [1.165, 1.54) is 0 Å². The molecule has 6 nitrogen and oxygen atoms in total. The summed E-state index contributed by atoms with van der Waals surface area (Å²) in [6, 6.07) is 16.8. The zero-order valence-electron chi connectivity index (χ0n) is 16.8. The number of aryl methyl sites for hydroxylation is 1. The molecule has 2 aromatic carbocycles. The van der Waals surface area contributed by atoms with Crippen molar-refractivity contribution in [2.24, 2.45) is 0 Å². The molecule has 0 bridgehead atoms. The number of ether oxygens (including phenoxy) is 1. The first-order valence-electron chi connectivity index (χ1n) is 9.89. The quantitative estimate of drug-likeness (QED) is 0.685. The highest BCUT2D eigenvalue weighted by molar-refractivity contribution is 5.97. The molecule has 0 radical (unpaired) electrons. The van der Waals surface area contributed by atoms with Gasteiger partial charge in [-0.25, -0.2) is 0 Å². The summed E-state index contributed by atoms with van der Waals surface area (Å²) < 4.78 is 5.77. The minimum Gasteiger partial charge on any atom is -0.483 e. The Labute approximate surface area is 175 Å². The number of benzene rings is 2. The van der Waals surface area contributed by atoms with Crippen molar-refractivity contribution in [2.75, 3.05) is 18.5 Å².